The molecule has 0 spiro atoms. The SMILES string of the molecule is C[C@H]1CC[C@@](C)(COc2cc(F)c(C(=O)O)cc2C2CC2)CC1. The van der Waals surface area contributed by atoms with Crippen molar-refractivity contribution in [1.29, 1.82) is 0 Å². The summed E-state index contributed by atoms with van der Waals surface area (Å²) in [7, 11) is 0. The molecule has 0 aromatic heterocycles. The third-order valence-electron chi connectivity index (χ3n) is 5.40. The molecule has 3 nitrogen and oxygen atoms in total. The number of carbonyl (C=O) groups is 1. The van der Waals surface area contributed by atoms with Gasteiger partial charge in [0.05, 0.1) is 12.2 Å². The van der Waals surface area contributed by atoms with Crippen LogP contribution >= 0.6 is 0 Å². The summed E-state index contributed by atoms with van der Waals surface area (Å²) in [6.07, 6.45) is 6.72. The van der Waals surface area contributed by atoms with Crippen LogP contribution in [0.3, 0.4) is 0 Å². The topological polar surface area (TPSA) is 46.5 Å². The maximum absolute atomic E-state index is 14.0. The number of carboxylic acid groups (broad SMARTS) is 1. The van der Waals surface area contributed by atoms with Crippen molar-refractivity contribution < 1.29 is 19.0 Å². The number of hydrogen-bond donors (Lipinski definition) is 1. The molecule has 0 saturated heterocycles. The maximum atomic E-state index is 14.0. The summed E-state index contributed by atoms with van der Waals surface area (Å²) in [5.41, 5.74) is 0.739. The van der Waals surface area contributed by atoms with Crippen LogP contribution in [0.2, 0.25) is 0 Å². The van der Waals surface area contributed by atoms with Crippen LogP contribution in [0.25, 0.3) is 0 Å². The van der Waals surface area contributed by atoms with Crippen LogP contribution in [0.5, 0.6) is 5.75 Å². The van der Waals surface area contributed by atoms with Crippen LogP contribution in [0.15, 0.2) is 12.1 Å². The van der Waals surface area contributed by atoms with E-state index in [1.54, 1.807) is 0 Å². The zero-order valence-electron chi connectivity index (χ0n) is 13.9. The van der Waals surface area contributed by atoms with Gasteiger partial charge in [-0.15, -0.1) is 0 Å². The third-order valence-corrected chi connectivity index (χ3v) is 5.40. The quantitative estimate of drug-likeness (QED) is 0.830. The molecule has 3 rings (SSSR count). The van der Waals surface area contributed by atoms with Crippen LogP contribution in [0, 0.1) is 17.2 Å². The van der Waals surface area contributed by atoms with E-state index >= 15 is 0 Å². The molecule has 4 heteroatoms. The van der Waals surface area contributed by atoms with Crippen molar-refractivity contribution in [3.63, 3.8) is 0 Å². The molecule has 126 valence electrons. The first-order valence-corrected chi connectivity index (χ1v) is 8.57. The van der Waals surface area contributed by atoms with Gasteiger partial charge in [0.15, 0.2) is 0 Å². The Morgan fingerprint density at radius 1 is 1.30 bits per heavy atom. The summed E-state index contributed by atoms with van der Waals surface area (Å²) >= 11 is 0. The number of hydrogen-bond acceptors (Lipinski definition) is 2. The first-order chi connectivity index (χ1) is 10.9. The van der Waals surface area contributed by atoms with Crippen molar-refractivity contribution in [3.8, 4) is 5.75 Å². The zero-order chi connectivity index (χ0) is 16.6. The van der Waals surface area contributed by atoms with Crippen molar-refractivity contribution in [2.45, 2.75) is 58.3 Å². The van der Waals surface area contributed by atoms with Crippen molar-refractivity contribution in [1.82, 2.24) is 0 Å². The summed E-state index contributed by atoms with van der Waals surface area (Å²) in [5, 5.41) is 9.10. The fourth-order valence-electron chi connectivity index (χ4n) is 3.43. The highest BCUT2D eigenvalue weighted by Gasteiger charge is 2.33. The Morgan fingerprint density at radius 2 is 1.96 bits per heavy atom. The third kappa shape index (κ3) is 3.67. The average molecular weight is 320 g/mol. The van der Waals surface area contributed by atoms with E-state index in [1.165, 1.54) is 25.0 Å². The summed E-state index contributed by atoms with van der Waals surface area (Å²) in [6, 6.07) is 2.74. The van der Waals surface area contributed by atoms with E-state index in [0.29, 0.717) is 18.3 Å². The Hall–Kier alpha value is -1.58. The first kappa shape index (κ1) is 16.3. The number of aromatic carboxylic acids is 1. The lowest BCUT2D eigenvalue weighted by Gasteiger charge is -2.36. The predicted octanol–water partition coefficient (Wildman–Crippen LogP) is 5.00. The molecule has 1 aromatic rings. The number of benzene rings is 1. The van der Waals surface area contributed by atoms with E-state index in [0.717, 1.165) is 37.2 Å². The standard InChI is InChI=1S/C19H25FO3/c1-12-5-7-19(2,8-6-12)11-23-17-10-16(20)15(18(21)22)9-14(17)13-3-4-13/h9-10,12-13H,3-8,11H2,1-2H3,(H,21,22)/t12-,19+. The van der Waals surface area contributed by atoms with Gasteiger partial charge in [-0.1, -0.05) is 26.7 Å². The fourth-order valence-corrected chi connectivity index (χ4v) is 3.43. The van der Waals surface area contributed by atoms with Crippen molar-refractivity contribution in [3.05, 3.63) is 29.1 Å². The molecule has 0 unspecified atom stereocenters. The van der Waals surface area contributed by atoms with Gasteiger partial charge in [-0.2, -0.15) is 0 Å². The minimum absolute atomic E-state index is 0.134. The molecule has 1 aromatic carbocycles. The van der Waals surface area contributed by atoms with E-state index < -0.39 is 11.8 Å². The Bertz CT molecular complexity index is 599. The minimum atomic E-state index is -1.22. The van der Waals surface area contributed by atoms with E-state index in [4.69, 9.17) is 9.84 Å². The minimum Gasteiger partial charge on any atom is -0.493 e. The molecule has 0 atom stereocenters. The van der Waals surface area contributed by atoms with Gasteiger partial charge in [0, 0.05) is 11.5 Å². The summed E-state index contributed by atoms with van der Waals surface area (Å²) in [5.74, 6) is -0.293. The van der Waals surface area contributed by atoms with Gasteiger partial charge in [-0.05, 0) is 49.1 Å². The monoisotopic (exact) mass is 320 g/mol. The maximum Gasteiger partial charge on any atom is 0.338 e. The van der Waals surface area contributed by atoms with Gasteiger partial charge in [0.1, 0.15) is 11.6 Å². The molecule has 1 N–H and O–H groups in total. The number of rotatable bonds is 5. The molecule has 0 heterocycles. The average Bonchev–Trinajstić information content (AvgIpc) is 3.33. The highest BCUT2D eigenvalue weighted by atomic mass is 19.1. The van der Waals surface area contributed by atoms with Crippen LogP contribution in [0.4, 0.5) is 4.39 Å². The highest BCUT2D eigenvalue weighted by Crippen LogP contribution is 2.46. The largest absolute Gasteiger partial charge is 0.493 e. The zero-order valence-corrected chi connectivity index (χ0v) is 13.9. The Morgan fingerprint density at radius 3 is 2.52 bits per heavy atom. The molecule has 2 fully saturated rings. The molecule has 0 radical (unpaired) electrons. The first-order valence-electron chi connectivity index (χ1n) is 8.57. The smallest absolute Gasteiger partial charge is 0.338 e. The molecule has 23 heavy (non-hydrogen) atoms. The van der Waals surface area contributed by atoms with Gasteiger partial charge in [0.25, 0.3) is 0 Å². The van der Waals surface area contributed by atoms with Crippen LogP contribution in [-0.2, 0) is 0 Å². The van der Waals surface area contributed by atoms with Gasteiger partial charge >= 0.3 is 5.97 Å². The second-order valence-electron chi connectivity index (χ2n) is 7.73. The molecular formula is C19H25FO3. The molecule has 0 aliphatic heterocycles. The lowest BCUT2D eigenvalue weighted by molar-refractivity contribution is 0.0691. The lowest BCUT2D eigenvalue weighted by Crippen LogP contribution is -2.30. The van der Waals surface area contributed by atoms with Gasteiger partial charge < -0.3 is 9.84 Å². The molecule has 2 aliphatic carbocycles. The second-order valence-corrected chi connectivity index (χ2v) is 7.73. The second kappa shape index (κ2) is 6.14. The van der Waals surface area contributed by atoms with Gasteiger partial charge in [-0.3, -0.25) is 0 Å². The Kier molecular flexibility index (Phi) is 4.35. The van der Waals surface area contributed by atoms with Crippen LogP contribution in [0.1, 0.15) is 74.2 Å². The molecule has 0 bridgehead atoms. The van der Waals surface area contributed by atoms with E-state index in [1.807, 2.05) is 0 Å². The van der Waals surface area contributed by atoms with E-state index in [-0.39, 0.29) is 11.0 Å². The molecule has 0 amide bonds. The van der Waals surface area contributed by atoms with Crippen molar-refractivity contribution in [2.75, 3.05) is 6.61 Å². The van der Waals surface area contributed by atoms with Crippen molar-refractivity contribution >= 4 is 5.97 Å². The summed E-state index contributed by atoms with van der Waals surface area (Å²) < 4.78 is 20.0. The summed E-state index contributed by atoms with van der Waals surface area (Å²) in [4.78, 5) is 11.1. The Labute approximate surface area is 136 Å². The normalized spacial score (nSPS) is 27.7. The fraction of sp³-hybridized carbons (Fsp3) is 0.632. The highest BCUT2D eigenvalue weighted by molar-refractivity contribution is 5.88. The van der Waals surface area contributed by atoms with Gasteiger partial charge in [0.2, 0.25) is 0 Å². The number of ether oxygens (including phenoxy) is 1. The van der Waals surface area contributed by atoms with Crippen molar-refractivity contribution in [2.24, 2.45) is 11.3 Å². The molecular weight excluding hydrogens is 295 g/mol. The lowest BCUT2D eigenvalue weighted by atomic mass is 9.73. The van der Waals surface area contributed by atoms with Crippen LogP contribution in [-0.4, -0.2) is 17.7 Å². The summed E-state index contributed by atoms with van der Waals surface area (Å²) in [6.45, 7) is 5.09. The molecule has 2 aliphatic rings. The van der Waals surface area contributed by atoms with E-state index in [9.17, 15) is 9.18 Å². The van der Waals surface area contributed by atoms with Crippen LogP contribution < -0.4 is 4.74 Å². The van der Waals surface area contributed by atoms with Gasteiger partial charge in [-0.25, -0.2) is 9.18 Å². The predicted molar refractivity (Wildman–Crippen MR) is 86.6 cm³/mol. The number of carboxylic acids is 1. The van der Waals surface area contributed by atoms with E-state index in [2.05, 4.69) is 13.8 Å². The Balaban J connectivity index is 1.77. The number of halogens is 1. The molecule has 2 saturated carbocycles.